The molecule has 0 fully saturated rings. The Labute approximate surface area is 208 Å². The average Bonchev–Trinajstić information content (AvgIpc) is 3.26. The van der Waals surface area contributed by atoms with Crippen molar-refractivity contribution in [2.24, 2.45) is 0 Å². The first kappa shape index (κ1) is 25.1. The van der Waals surface area contributed by atoms with Crippen molar-refractivity contribution >= 4 is 44.2 Å². The molecular formula is C25H14ClF7N2O2. The molecule has 0 aliphatic carbocycles. The topological polar surface area (TPSA) is 58.1 Å². The first-order valence-corrected chi connectivity index (χ1v) is 10.9. The summed E-state index contributed by atoms with van der Waals surface area (Å²) < 4.78 is 101. The first-order chi connectivity index (χ1) is 17.3. The highest BCUT2D eigenvalue weighted by Crippen LogP contribution is 2.51. The van der Waals surface area contributed by atoms with Gasteiger partial charge in [0.2, 0.25) is 0 Å². The van der Waals surface area contributed by atoms with Gasteiger partial charge in [0.1, 0.15) is 17.4 Å². The third-order valence-corrected chi connectivity index (χ3v) is 6.52. The first-order valence-electron chi connectivity index (χ1n) is 10.5. The Bertz CT molecular complexity index is 1660. The summed E-state index contributed by atoms with van der Waals surface area (Å²) in [6.07, 6.45) is -12.1. The second kappa shape index (κ2) is 8.22. The van der Waals surface area contributed by atoms with E-state index in [0.717, 1.165) is 12.1 Å². The minimum absolute atomic E-state index is 0.00822. The zero-order valence-corrected chi connectivity index (χ0v) is 19.3. The van der Waals surface area contributed by atoms with E-state index in [-0.39, 0.29) is 49.4 Å². The minimum atomic E-state index is -6.06. The van der Waals surface area contributed by atoms with Crippen molar-refractivity contribution in [3.63, 3.8) is 0 Å². The van der Waals surface area contributed by atoms with Crippen LogP contribution < -0.4 is 4.74 Å². The number of hydrogen-bond donors (Lipinski definition) is 2. The molecule has 0 saturated carbocycles. The van der Waals surface area contributed by atoms with Crippen molar-refractivity contribution < 1.29 is 40.6 Å². The zero-order valence-electron chi connectivity index (χ0n) is 18.5. The van der Waals surface area contributed by atoms with Crippen LogP contribution in [0.1, 0.15) is 5.56 Å². The van der Waals surface area contributed by atoms with Gasteiger partial charge in [-0.05, 0) is 47.2 Å². The summed E-state index contributed by atoms with van der Waals surface area (Å²) in [6.45, 7) is 0. The van der Waals surface area contributed by atoms with Crippen molar-refractivity contribution in [1.82, 2.24) is 9.97 Å². The number of halogens is 8. The van der Waals surface area contributed by atoms with Crippen LogP contribution in [0.3, 0.4) is 0 Å². The fourth-order valence-electron chi connectivity index (χ4n) is 4.38. The number of fused-ring (bicyclic) bond motifs is 6. The maximum absolute atomic E-state index is 14.6. The number of benzene rings is 4. The van der Waals surface area contributed by atoms with Crippen LogP contribution in [0.5, 0.6) is 5.75 Å². The van der Waals surface area contributed by atoms with Crippen molar-refractivity contribution in [1.29, 1.82) is 0 Å². The van der Waals surface area contributed by atoms with E-state index in [9.17, 15) is 35.8 Å². The van der Waals surface area contributed by atoms with Crippen LogP contribution in [0.25, 0.3) is 44.0 Å². The van der Waals surface area contributed by atoms with Crippen LogP contribution in [-0.2, 0) is 5.60 Å². The van der Waals surface area contributed by atoms with Crippen LogP contribution >= 0.6 is 11.6 Å². The number of ether oxygens (including phenoxy) is 1. The van der Waals surface area contributed by atoms with Crippen molar-refractivity contribution in [2.45, 2.75) is 18.0 Å². The molecule has 0 spiro atoms. The molecule has 4 nitrogen and oxygen atoms in total. The summed E-state index contributed by atoms with van der Waals surface area (Å²) in [5, 5.41) is 10.7. The van der Waals surface area contributed by atoms with Gasteiger partial charge in [-0.2, -0.15) is 26.3 Å². The molecule has 5 aromatic rings. The number of alkyl halides is 6. The smallest absolute Gasteiger partial charge is 0.430 e. The summed E-state index contributed by atoms with van der Waals surface area (Å²) in [4.78, 5) is 7.36. The summed E-state index contributed by atoms with van der Waals surface area (Å²) in [7, 11) is 1.34. The number of aromatic amines is 1. The monoisotopic (exact) mass is 542 g/mol. The number of aliphatic hydroxyl groups is 1. The fourth-order valence-corrected chi connectivity index (χ4v) is 4.64. The molecule has 192 valence electrons. The molecule has 37 heavy (non-hydrogen) atoms. The Balaban J connectivity index is 1.91. The predicted molar refractivity (Wildman–Crippen MR) is 124 cm³/mol. The second-order valence-corrected chi connectivity index (χ2v) is 8.69. The Hall–Kier alpha value is -3.57. The highest BCUT2D eigenvalue weighted by atomic mass is 35.5. The van der Waals surface area contributed by atoms with Gasteiger partial charge in [0.05, 0.1) is 28.7 Å². The number of methoxy groups -OCH3 is 1. The number of hydrogen-bond acceptors (Lipinski definition) is 3. The Morgan fingerprint density at radius 1 is 0.865 bits per heavy atom. The largest absolute Gasteiger partial charge is 0.497 e. The molecule has 12 heteroatoms. The van der Waals surface area contributed by atoms with Gasteiger partial charge < -0.3 is 14.8 Å². The number of rotatable bonds is 3. The second-order valence-electron chi connectivity index (χ2n) is 8.28. The number of nitrogens with one attached hydrogen (secondary N) is 1. The number of H-pyrrole nitrogens is 1. The van der Waals surface area contributed by atoms with Crippen molar-refractivity contribution in [3.05, 3.63) is 71.0 Å². The lowest BCUT2D eigenvalue weighted by Gasteiger charge is -2.32. The van der Waals surface area contributed by atoms with E-state index >= 15 is 0 Å². The lowest BCUT2D eigenvalue weighted by molar-refractivity contribution is -0.376. The molecule has 0 atom stereocenters. The van der Waals surface area contributed by atoms with E-state index in [1.165, 1.54) is 37.4 Å². The lowest BCUT2D eigenvalue weighted by atomic mass is 9.89. The average molecular weight is 543 g/mol. The maximum Gasteiger partial charge on any atom is 0.430 e. The van der Waals surface area contributed by atoms with E-state index in [0.29, 0.717) is 17.5 Å². The standard InChI is InChI=1S/C25H14ClF7N2O2/c1-37-12-6-8-14-16(10-12)15-9-11(23(36,24(28,29)30)25(31,32)33)5-7-13(15)20-21(14)35-22(34-20)19-17(26)3-2-4-18(19)27/h2-10,36H,1H3,(H,34,35). The van der Waals surface area contributed by atoms with Crippen molar-refractivity contribution in [3.8, 4) is 17.1 Å². The van der Waals surface area contributed by atoms with Gasteiger partial charge in [-0.25, -0.2) is 9.37 Å². The zero-order chi connectivity index (χ0) is 26.9. The van der Waals surface area contributed by atoms with Crippen LogP contribution in [-0.4, -0.2) is 34.5 Å². The van der Waals surface area contributed by atoms with Crippen LogP contribution in [0.15, 0.2) is 54.6 Å². The summed E-state index contributed by atoms with van der Waals surface area (Å²) in [5.74, 6) is -0.410. The molecule has 0 amide bonds. The van der Waals surface area contributed by atoms with Gasteiger partial charge in [-0.1, -0.05) is 29.8 Å². The SMILES string of the molecule is COc1ccc2c(c1)c1cc(C(O)(C(F)(F)F)C(F)(F)F)ccc1c1[nH]c(-c3c(F)cccc3Cl)nc21. The van der Waals surface area contributed by atoms with Crippen molar-refractivity contribution in [2.75, 3.05) is 7.11 Å². The quantitative estimate of drug-likeness (QED) is 0.182. The van der Waals surface area contributed by atoms with Gasteiger partial charge >= 0.3 is 12.4 Å². The Kier molecular flexibility index (Phi) is 5.57. The van der Waals surface area contributed by atoms with Gasteiger partial charge in [-0.15, -0.1) is 0 Å². The molecule has 0 unspecified atom stereocenters. The Morgan fingerprint density at radius 3 is 2.14 bits per heavy atom. The molecule has 0 radical (unpaired) electrons. The highest BCUT2D eigenvalue weighted by molar-refractivity contribution is 6.33. The molecule has 4 aromatic carbocycles. The lowest BCUT2D eigenvalue weighted by Crippen LogP contribution is -2.53. The highest BCUT2D eigenvalue weighted by Gasteiger charge is 2.71. The normalized spacial score (nSPS) is 13.1. The molecule has 0 saturated heterocycles. The third-order valence-electron chi connectivity index (χ3n) is 6.20. The number of nitrogens with zero attached hydrogens (tertiary/aromatic N) is 1. The van der Waals surface area contributed by atoms with Gasteiger partial charge in [0.25, 0.3) is 5.60 Å². The van der Waals surface area contributed by atoms with E-state index in [1.807, 2.05) is 0 Å². The molecular weight excluding hydrogens is 529 g/mol. The van der Waals surface area contributed by atoms with E-state index < -0.39 is 29.3 Å². The fraction of sp³-hybridized carbons (Fsp3) is 0.160. The Morgan fingerprint density at radius 2 is 1.51 bits per heavy atom. The van der Waals surface area contributed by atoms with E-state index in [4.69, 9.17) is 16.3 Å². The predicted octanol–water partition coefficient (Wildman–Crippen LogP) is 7.65. The summed E-state index contributed by atoms with van der Waals surface area (Å²) in [6, 6.07) is 10.7. The molecule has 5 rings (SSSR count). The van der Waals surface area contributed by atoms with E-state index in [1.54, 1.807) is 0 Å². The van der Waals surface area contributed by atoms with Crippen LogP contribution in [0.4, 0.5) is 30.7 Å². The van der Waals surface area contributed by atoms with Crippen LogP contribution in [0, 0.1) is 5.82 Å². The molecule has 2 N–H and O–H groups in total. The minimum Gasteiger partial charge on any atom is -0.497 e. The van der Waals surface area contributed by atoms with Gasteiger partial charge in [0.15, 0.2) is 0 Å². The molecule has 1 heterocycles. The van der Waals surface area contributed by atoms with E-state index in [2.05, 4.69) is 9.97 Å². The maximum atomic E-state index is 14.6. The summed E-state index contributed by atoms with van der Waals surface area (Å²) in [5.41, 5.74) is -6.10. The number of aromatic nitrogens is 2. The molecule has 0 aliphatic heterocycles. The number of imidazole rings is 1. The third kappa shape index (κ3) is 3.67. The molecule has 0 aliphatic rings. The van der Waals surface area contributed by atoms with Crippen LogP contribution in [0.2, 0.25) is 5.02 Å². The van der Waals surface area contributed by atoms with Gasteiger partial charge in [0, 0.05) is 16.3 Å². The van der Waals surface area contributed by atoms with Gasteiger partial charge in [-0.3, -0.25) is 0 Å². The molecule has 1 aromatic heterocycles. The summed E-state index contributed by atoms with van der Waals surface area (Å²) >= 11 is 6.17. The molecule has 0 bridgehead atoms.